The topological polar surface area (TPSA) is 71.1 Å². The maximum Gasteiger partial charge on any atom is 0.416 e. The van der Waals surface area contributed by atoms with Gasteiger partial charge in [-0.25, -0.2) is 4.98 Å². The van der Waals surface area contributed by atoms with Crippen LogP contribution in [0, 0.1) is 5.92 Å². The lowest BCUT2D eigenvalue weighted by Gasteiger charge is -2.12. The van der Waals surface area contributed by atoms with E-state index >= 15 is 0 Å². The van der Waals surface area contributed by atoms with Crippen molar-refractivity contribution in [2.45, 2.75) is 18.5 Å². The van der Waals surface area contributed by atoms with Gasteiger partial charge in [-0.05, 0) is 24.0 Å². The summed E-state index contributed by atoms with van der Waals surface area (Å²) >= 11 is 1.24. The van der Waals surface area contributed by atoms with Crippen LogP contribution in [-0.4, -0.2) is 23.3 Å². The molecule has 3 rings (SSSR count). The van der Waals surface area contributed by atoms with Crippen LogP contribution in [-0.2, 0) is 15.8 Å². The third kappa shape index (κ3) is 4.16. The van der Waals surface area contributed by atoms with E-state index in [2.05, 4.69) is 15.6 Å². The number of anilines is 1. The van der Waals surface area contributed by atoms with Crippen molar-refractivity contribution >= 4 is 28.3 Å². The minimum atomic E-state index is -4.45. The van der Waals surface area contributed by atoms with Crippen LogP contribution in [0.5, 0.6) is 0 Å². The van der Waals surface area contributed by atoms with Crippen molar-refractivity contribution < 1.29 is 22.8 Å². The highest BCUT2D eigenvalue weighted by Crippen LogP contribution is 2.50. The molecule has 2 N–H and O–H groups in total. The fourth-order valence-electron chi connectivity index (χ4n) is 2.65. The fraction of sp³-hybridized carbons (Fsp3) is 0.312. The molecular weight excluding hydrogens is 355 g/mol. The summed E-state index contributed by atoms with van der Waals surface area (Å²) in [6.07, 6.45) is -2.58. The molecule has 132 valence electrons. The Morgan fingerprint density at radius 2 is 2.04 bits per heavy atom. The molecule has 1 aliphatic carbocycles. The van der Waals surface area contributed by atoms with Crippen molar-refractivity contribution in [3.8, 4) is 0 Å². The summed E-state index contributed by atoms with van der Waals surface area (Å²) in [5.41, 5.74) is -0.584. The molecule has 0 aliphatic heterocycles. The van der Waals surface area contributed by atoms with Gasteiger partial charge in [0.15, 0.2) is 5.13 Å². The Morgan fingerprint density at radius 3 is 2.72 bits per heavy atom. The second-order valence-corrected chi connectivity index (χ2v) is 6.53. The van der Waals surface area contributed by atoms with E-state index in [1.54, 1.807) is 5.38 Å². The minimum Gasteiger partial charge on any atom is -0.347 e. The van der Waals surface area contributed by atoms with E-state index in [0.717, 1.165) is 6.07 Å². The highest BCUT2D eigenvalue weighted by molar-refractivity contribution is 7.13. The molecule has 0 spiro atoms. The van der Waals surface area contributed by atoms with Crippen LogP contribution >= 0.6 is 11.3 Å². The molecule has 2 amide bonds. The zero-order valence-electron chi connectivity index (χ0n) is 12.8. The van der Waals surface area contributed by atoms with Crippen LogP contribution in [0.3, 0.4) is 0 Å². The number of nitrogens with one attached hydrogen (secondary N) is 2. The molecule has 1 fully saturated rings. The quantitative estimate of drug-likeness (QED) is 0.851. The lowest BCUT2D eigenvalue weighted by molar-refractivity contribution is -0.138. The number of hydrogen-bond donors (Lipinski definition) is 2. The number of alkyl halides is 3. The first-order valence-corrected chi connectivity index (χ1v) is 8.37. The maximum atomic E-state index is 13.0. The SMILES string of the molecule is O=C(CNC(=O)C1CC1c1ccccc1C(F)(F)F)Nc1nccs1. The van der Waals surface area contributed by atoms with Crippen LogP contribution in [0.2, 0.25) is 0 Å². The Balaban J connectivity index is 1.55. The molecule has 1 heterocycles. The summed E-state index contributed by atoms with van der Waals surface area (Å²) in [4.78, 5) is 27.6. The second-order valence-electron chi connectivity index (χ2n) is 5.64. The largest absolute Gasteiger partial charge is 0.416 e. The van der Waals surface area contributed by atoms with Gasteiger partial charge >= 0.3 is 6.18 Å². The first-order valence-electron chi connectivity index (χ1n) is 7.49. The zero-order chi connectivity index (χ0) is 18.0. The number of rotatable bonds is 5. The van der Waals surface area contributed by atoms with Crippen molar-refractivity contribution in [2.75, 3.05) is 11.9 Å². The van der Waals surface area contributed by atoms with E-state index in [1.807, 2.05) is 0 Å². The third-order valence-corrected chi connectivity index (χ3v) is 4.58. The predicted molar refractivity (Wildman–Crippen MR) is 86.0 cm³/mol. The Kier molecular flexibility index (Phi) is 4.76. The first kappa shape index (κ1) is 17.4. The Labute approximate surface area is 145 Å². The van der Waals surface area contributed by atoms with Gasteiger partial charge in [-0.15, -0.1) is 11.3 Å². The van der Waals surface area contributed by atoms with Gasteiger partial charge in [0.1, 0.15) is 0 Å². The predicted octanol–water partition coefficient (Wildman–Crippen LogP) is 3.02. The monoisotopic (exact) mass is 369 g/mol. The van der Waals surface area contributed by atoms with E-state index < -0.39 is 35.4 Å². The first-order chi connectivity index (χ1) is 11.9. The summed E-state index contributed by atoms with van der Waals surface area (Å²) in [6.45, 7) is -0.247. The Hall–Kier alpha value is -2.42. The lowest BCUT2D eigenvalue weighted by atomic mass is 10.0. The zero-order valence-corrected chi connectivity index (χ0v) is 13.7. The van der Waals surface area contributed by atoms with E-state index in [-0.39, 0.29) is 12.1 Å². The number of hydrogen-bond acceptors (Lipinski definition) is 4. The average molecular weight is 369 g/mol. The van der Waals surface area contributed by atoms with Gasteiger partial charge in [0.05, 0.1) is 12.1 Å². The van der Waals surface area contributed by atoms with Crippen molar-refractivity contribution in [1.82, 2.24) is 10.3 Å². The molecule has 0 radical (unpaired) electrons. The van der Waals surface area contributed by atoms with E-state index in [4.69, 9.17) is 0 Å². The van der Waals surface area contributed by atoms with E-state index in [1.165, 1.54) is 35.7 Å². The molecule has 1 aromatic carbocycles. The second kappa shape index (κ2) is 6.83. The summed E-state index contributed by atoms with van der Waals surface area (Å²) in [7, 11) is 0. The highest BCUT2D eigenvalue weighted by atomic mass is 32.1. The molecule has 1 saturated carbocycles. The van der Waals surface area contributed by atoms with Crippen LogP contribution in [0.25, 0.3) is 0 Å². The van der Waals surface area contributed by atoms with Crippen molar-refractivity contribution in [3.05, 3.63) is 47.0 Å². The number of benzene rings is 1. The Bertz CT molecular complexity index is 777. The molecule has 2 unspecified atom stereocenters. The van der Waals surface area contributed by atoms with Crippen LogP contribution in [0.15, 0.2) is 35.8 Å². The molecular formula is C16H14F3N3O2S. The third-order valence-electron chi connectivity index (χ3n) is 3.89. The molecule has 25 heavy (non-hydrogen) atoms. The number of carbonyl (C=O) groups is 2. The number of thiazole rings is 1. The van der Waals surface area contributed by atoms with Gasteiger partial charge in [0, 0.05) is 17.5 Å². The number of carbonyl (C=O) groups excluding carboxylic acids is 2. The lowest BCUT2D eigenvalue weighted by Crippen LogP contribution is -2.34. The average Bonchev–Trinajstić information content (AvgIpc) is 3.21. The molecule has 0 saturated heterocycles. The van der Waals surface area contributed by atoms with Gasteiger partial charge in [0.2, 0.25) is 11.8 Å². The maximum absolute atomic E-state index is 13.0. The minimum absolute atomic E-state index is 0.127. The van der Waals surface area contributed by atoms with Crippen LogP contribution in [0.4, 0.5) is 18.3 Å². The van der Waals surface area contributed by atoms with Crippen molar-refractivity contribution in [1.29, 1.82) is 0 Å². The number of amides is 2. The van der Waals surface area contributed by atoms with Crippen molar-refractivity contribution in [2.24, 2.45) is 5.92 Å². The molecule has 9 heteroatoms. The molecule has 1 aromatic heterocycles. The standard InChI is InChI=1S/C16H14F3N3O2S/c17-16(18,19)12-4-2-1-3-9(12)10-7-11(10)14(24)21-8-13(23)22-15-20-5-6-25-15/h1-6,10-11H,7-8H2,(H,21,24)(H,20,22,23). The summed E-state index contributed by atoms with van der Waals surface area (Å²) in [5, 5.41) is 7.09. The summed E-state index contributed by atoms with van der Waals surface area (Å²) < 4.78 is 39.1. The fourth-order valence-corrected chi connectivity index (χ4v) is 3.20. The molecule has 1 aliphatic rings. The van der Waals surface area contributed by atoms with E-state index in [0.29, 0.717) is 11.6 Å². The normalized spacial score (nSPS) is 19.3. The molecule has 2 aromatic rings. The summed E-state index contributed by atoms with van der Waals surface area (Å²) in [5.74, 6) is -1.87. The van der Waals surface area contributed by atoms with Gasteiger partial charge in [-0.3, -0.25) is 9.59 Å². The Morgan fingerprint density at radius 1 is 1.28 bits per heavy atom. The molecule has 5 nitrogen and oxygen atoms in total. The number of nitrogens with zero attached hydrogens (tertiary/aromatic N) is 1. The van der Waals surface area contributed by atoms with Gasteiger partial charge in [0.25, 0.3) is 0 Å². The van der Waals surface area contributed by atoms with E-state index in [9.17, 15) is 22.8 Å². The van der Waals surface area contributed by atoms with Crippen molar-refractivity contribution in [3.63, 3.8) is 0 Å². The van der Waals surface area contributed by atoms with Gasteiger partial charge < -0.3 is 10.6 Å². The van der Waals surface area contributed by atoms with Gasteiger partial charge in [-0.1, -0.05) is 18.2 Å². The number of aromatic nitrogens is 1. The number of halogens is 3. The van der Waals surface area contributed by atoms with Crippen LogP contribution in [0.1, 0.15) is 23.5 Å². The molecule has 2 atom stereocenters. The summed E-state index contributed by atoms with van der Waals surface area (Å²) in [6, 6.07) is 5.27. The smallest absolute Gasteiger partial charge is 0.347 e. The highest BCUT2D eigenvalue weighted by Gasteiger charge is 2.47. The molecule has 0 bridgehead atoms. The van der Waals surface area contributed by atoms with Gasteiger partial charge in [-0.2, -0.15) is 13.2 Å². The van der Waals surface area contributed by atoms with Crippen LogP contribution < -0.4 is 10.6 Å².